The summed E-state index contributed by atoms with van der Waals surface area (Å²) >= 11 is 0. The minimum absolute atomic E-state index is 0.506. The van der Waals surface area contributed by atoms with Crippen molar-refractivity contribution in [3.05, 3.63) is 42.0 Å². The lowest BCUT2D eigenvalue weighted by Gasteiger charge is -2.37. The Morgan fingerprint density at radius 3 is 2.52 bits per heavy atom. The summed E-state index contributed by atoms with van der Waals surface area (Å²) in [6, 6.07) is 10.6. The first-order valence-electron chi connectivity index (χ1n) is 9.36. The number of aliphatic imine (C=N–C) groups is 1. The van der Waals surface area contributed by atoms with E-state index in [-0.39, 0.29) is 0 Å². The number of aryl methyl sites for hydroxylation is 1. The van der Waals surface area contributed by atoms with Gasteiger partial charge in [-0.25, -0.2) is 4.99 Å². The number of ether oxygens (including phenoxy) is 1. The topological polar surface area (TPSA) is 70.8 Å². The zero-order valence-electron chi connectivity index (χ0n) is 16.4. The van der Waals surface area contributed by atoms with Crippen molar-refractivity contribution in [2.45, 2.75) is 13.5 Å². The van der Waals surface area contributed by atoms with E-state index >= 15 is 0 Å². The zero-order valence-corrected chi connectivity index (χ0v) is 16.4. The molecule has 1 aromatic heterocycles. The van der Waals surface area contributed by atoms with Gasteiger partial charge in [-0.3, -0.25) is 0 Å². The largest absolute Gasteiger partial charge is 0.383 e. The van der Waals surface area contributed by atoms with Crippen LogP contribution in [0.2, 0.25) is 0 Å². The lowest BCUT2D eigenvalue weighted by Crippen LogP contribution is -2.53. The number of nitrogens with zero attached hydrogens (tertiary/aromatic N) is 6. The fourth-order valence-corrected chi connectivity index (χ4v) is 3.08. The van der Waals surface area contributed by atoms with Crippen molar-refractivity contribution in [2.75, 3.05) is 51.3 Å². The SMILES string of the molecule is COCCNC(=NCc1nnc(C)n1C)N1CCN(c2ccccc2)CC1. The number of guanidine groups is 1. The number of methoxy groups -OCH3 is 1. The van der Waals surface area contributed by atoms with Crippen LogP contribution in [0, 0.1) is 6.92 Å². The monoisotopic (exact) mass is 371 g/mol. The maximum Gasteiger partial charge on any atom is 0.194 e. The molecule has 0 unspecified atom stereocenters. The third-order valence-corrected chi connectivity index (χ3v) is 4.84. The van der Waals surface area contributed by atoms with Crippen LogP contribution in [-0.4, -0.2) is 72.1 Å². The third-order valence-electron chi connectivity index (χ3n) is 4.84. The van der Waals surface area contributed by atoms with Gasteiger partial charge in [0.15, 0.2) is 11.8 Å². The van der Waals surface area contributed by atoms with Gasteiger partial charge in [-0.15, -0.1) is 10.2 Å². The van der Waals surface area contributed by atoms with Gasteiger partial charge in [0, 0.05) is 52.6 Å². The minimum atomic E-state index is 0.506. The summed E-state index contributed by atoms with van der Waals surface area (Å²) in [6.45, 7) is 7.61. The van der Waals surface area contributed by atoms with Crippen LogP contribution >= 0.6 is 0 Å². The van der Waals surface area contributed by atoms with Crippen LogP contribution in [0.4, 0.5) is 5.69 Å². The smallest absolute Gasteiger partial charge is 0.194 e. The van der Waals surface area contributed by atoms with E-state index < -0.39 is 0 Å². The van der Waals surface area contributed by atoms with Crippen LogP contribution in [0.25, 0.3) is 0 Å². The Morgan fingerprint density at radius 1 is 1.15 bits per heavy atom. The highest BCUT2D eigenvalue weighted by Gasteiger charge is 2.20. The van der Waals surface area contributed by atoms with Gasteiger partial charge < -0.3 is 24.4 Å². The maximum absolute atomic E-state index is 5.17. The average molecular weight is 371 g/mol. The van der Waals surface area contributed by atoms with Gasteiger partial charge in [-0.05, 0) is 19.1 Å². The fourth-order valence-electron chi connectivity index (χ4n) is 3.08. The number of anilines is 1. The highest BCUT2D eigenvalue weighted by molar-refractivity contribution is 5.80. The van der Waals surface area contributed by atoms with Gasteiger partial charge in [-0.1, -0.05) is 18.2 Å². The molecular formula is C19H29N7O. The molecule has 0 amide bonds. The highest BCUT2D eigenvalue weighted by atomic mass is 16.5. The van der Waals surface area contributed by atoms with Crippen molar-refractivity contribution in [3.63, 3.8) is 0 Å². The molecule has 0 atom stereocenters. The summed E-state index contributed by atoms with van der Waals surface area (Å²) in [5.74, 6) is 2.66. The fraction of sp³-hybridized carbons (Fsp3) is 0.526. The Balaban J connectivity index is 1.64. The molecule has 0 bridgehead atoms. The second kappa shape index (κ2) is 9.36. The summed E-state index contributed by atoms with van der Waals surface area (Å²) in [6.07, 6.45) is 0. The van der Waals surface area contributed by atoms with E-state index in [1.165, 1.54) is 5.69 Å². The Bertz CT molecular complexity index is 736. The van der Waals surface area contributed by atoms with E-state index in [0.717, 1.165) is 50.3 Å². The van der Waals surface area contributed by atoms with Crippen LogP contribution in [0.15, 0.2) is 35.3 Å². The summed E-state index contributed by atoms with van der Waals surface area (Å²) in [4.78, 5) is 9.51. The van der Waals surface area contributed by atoms with Crippen LogP contribution < -0.4 is 10.2 Å². The van der Waals surface area contributed by atoms with Crippen molar-refractivity contribution in [2.24, 2.45) is 12.0 Å². The molecule has 0 spiro atoms. The first-order chi connectivity index (χ1) is 13.2. The van der Waals surface area contributed by atoms with Gasteiger partial charge in [0.25, 0.3) is 0 Å². The Hall–Kier alpha value is -2.61. The molecule has 2 heterocycles. The number of para-hydroxylation sites is 1. The first-order valence-corrected chi connectivity index (χ1v) is 9.36. The molecule has 1 aliphatic heterocycles. The number of rotatable bonds is 6. The quantitative estimate of drug-likeness (QED) is 0.465. The molecule has 1 N–H and O–H groups in total. The van der Waals surface area contributed by atoms with Crippen molar-refractivity contribution < 1.29 is 4.74 Å². The molecular weight excluding hydrogens is 342 g/mol. The first kappa shape index (κ1) is 19.2. The van der Waals surface area contributed by atoms with Crippen molar-refractivity contribution >= 4 is 11.6 Å². The number of piperazine rings is 1. The van der Waals surface area contributed by atoms with Gasteiger partial charge in [0.05, 0.1) is 6.61 Å². The summed E-state index contributed by atoms with van der Waals surface area (Å²) in [7, 11) is 3.68. The van der Waals surface area contributed by atoms with Crippen LogP contribution in [0.3, 0.4) is 0 Å². The van der Waals surface area contributed by atoms with Crippen molar-refractivity contribution in [1.82, 2.24) is 25.0 Å². The predicted octanol–water partition coefficient (Wildman–Crippen LogP) is 1.04. The van der Waals surface area contributed by atoms with E-state index in [1.807, 2.05) is 18.5 Å². The summed E-state index contributed by atoms with van der Waals surface area (Å²) in [5.41, 5.74) is 1.28. The third kappa shape index (κ3) is 4.97. The molecule has 1 fully saturated rings. The highest BCUT2D eigenvalue weighted by Crippen LogP contribution is 2.15. The average Bonchev–Trinajstić information content (AvgIpc) is 3.03. The Kier molecular flexibility index (Phi) is 6.64. The molecule has 8 heteroatoms. The molecule has 1 saturated heterocycles. The molecule has 146 valence electrons. The predicted molar refractivity (Wildman–Crippen MR) is 107 cm³/mol. The zero-order chi connectivity index (χ0) is 19.1. The molecule has 0 radical (unpaired) electrons. The molecule has 0 saturated carbocycles. The molecule has 1 aliphatic rings. The molecule has 3 rings (SSSR count). The standard InChI is InChI=1S/C19H29N7O/c1-16-22-23-18(24(16)2)15-21-19(20-9-14-27-3)26-12-10-25(11-13-26)17-7-5-4-6-8-17/h4-8H,9-15H2,1-3H3,(H,20,21). The Morgan fingerprint density at radius 2 is 1.89 bits per heavy atom. The second-order valence-electron chi connectivity index (χ2n) is 6.59. The number of nitrogens with one attached hydrogen (secondary N) is 1. The van der Waals surface area contributed by atoms with Crippen molar-refractivity contribution in [3.8, 4) is 0 Å². The van der Waals surface area contributed by atoms with E-state index in [2.05, 4.69) is 55.6 Å². The van der Waals surface area contributed by atoms with E-state index in [0.29, 0.717) is 13.2 Å². The molecule has 27 heavy (non-hydrogen) atoms. The number of hydrogen-bond donors (Lipinski definition) is 1. The van der Waals surface area contributed by atoms with Crippen LogP contribution in [-0.2, 0) is 18.3 Å². The maximum atomic E-state index is 5.17. The van der Waals surface area contributed by atoms with Crippen LogP contribution in [0.1, 0.15) is 11.6 Å². The van der Waals surface area contributed by atoms with Gasteiger partial charge in [0.2, 0.25) is 0 Å². The van der Waals surface area contributed by atoms with Gasteiger partial charge in [0.1, 0.15) is 12.4 Å². The number of hydrogen-bond acceptors (Lipinski definition) is 5. The van der Waals surface area contributed by atoms with E-state index in [9.17, 15) is 0 Å². The summed E-state index contributed by atoms with van der Waals surface area (Å²) in [5, 5.41) is 11.7. The minimum Gasteiger partial charge on any atom is -0.383 e. The Labute approximate surface area is 160 Å². The molecule has 8 nitrogen and oxygen atoms in total. The molecule has 0 aliphatic carbocycles. The lowest BCUT2D eigenvalue weighted by molar-refractivity contribution is 0.202. The normalized spacial score (nSPS) is 15.3. The number of benzene rings is 1. The second-order valence-corrected chi connectivity index (χ2v) is 6.59. The molecule has 2 aromatic rings. The molecule has 1 aromatic carbocycles. The van der Waals surface area contributed by atoms with E-state index in [4.69, 9.17) is 9.73 Å². The number of aromatic nitrogens is 3. The van der Waals surface area contributed by atoms with Crippen molar-refractivity contribution in [1.29, 1.82) is 0 Å². The van der Waals surface area contributed by atoms with E-state index in [1.54, 1.807) is 7.11 Å². The van der Waals surface area contributed by atoms with Gasteiger partial charge >= 0.3 is 0 Å². The van der Waals surface area contributed by atoms with Gasteiger partial charge in [-0.2, -0.15) is 0 Å². The lowest BCUT2D eigenvalue weighted by atomic mass is 10.2. The van der Waals surface area contributed by atoms with Crippen LogP contribution in [0.5, 0.6) is 0 Å². The summed E-state index contributed by atoms with van der Waals surface area (Å²) < 4.78 is 7.14.